The van der Waals surface area contributed by atoms with E-state index in [0.29, 0.717) is 19.7 Å². The zero-order valence-electron chi connectivity index (χ0n) is 14.7. The largest absolute Gasteiger partial charge is 0.490 e. The lowest BCUT2D eigenvalue weighted by Crippen LogP contribution is -2.42. The molecule has 0 spiro atoms. The minimum absolute atomic E-state index is 0.000159. The van der Waals surface area contributed by atoms with E-state index >= 15 is 0 Å². The first-order valence-electron chi connectivity index (χ1n) is 8.20. The molecule has 25 heavy (non-hydrogen) atoms. The van der Waals surface area contributed by atoms with E-state index in [9.17, 15) is 19.3 Å². The first kappa shape index (κ1) is 19.0. The number of amides is 1. The van der Waals surface area contributed by atoms with Gasteiger partial charge in [-0.25, -0.2) is 9.18 Å². The number of hydrogen-bond donors (Lipinski definition) is 0. The number of ether oxygens (including phenoxy) is 2. The van der Waals surface area contributed by atoms with Crippen LogP contribution in [-0.4, -0.2) is 41.2 Å². The minimum atomic E-state index is -0.750. The molecule has 0 bridgehead atoms. The second-order valence-electron chi connectivity index (χ2n) is 7.09. The molecule has 2 rings (SSSR count). The van der Waals surface area contributed by atoms with Gasteiger partial charge in [0.05, 0.1) is 17.6 Å². The summed E-state index contributed by atoms with van der Waals surface area (Å²) in [5.74, 6) is -0.561. The van der Waals surface area contributed by atoms with Crippen molar-refractivity contribution < 1.29 is 23.6 Å². The van der Waals surface area contributed by atoms with Crippen LogP contribution in [0.5, 0.6) is 5.75 Å². The molecule has 138 valence electrons. The molecule has 1 amide bonds. The molecule has 1 aliphatic heterocycles. The summed E-state index contributed by atoms with van der Waals surface area (Å²) in [6, 6.07) is 3.33. The molecule has 1 fully saturated rings. The van der Waals surface area contributed by atoms with Gasteiger partial charge in [-0.05, 0) is 45.6 Å². The van der Waals surface area contributed by atoms with E-state index in [1.54, 1.807) is 4.90 Å². The molecule has 8 heteroatoms. The number of piperidine rings is 1. The van der Waals surface area contributed by atoms with Gasteiger partial charge in [-0.15, -0.1) is 0 Å². The smallest absolute Gasteiger partial charge is 0.410 e. The highest BCUT2D eigenvalue weighted by atomic mass is 19.1. The summed E-state index contributed by atoms with van der Waals surface area (Å²) in [6.07, 6.45) is 1.13. The maximum absolute atomic E-state index is 13.8. The average molecular weight is 354 g/mol. The molecule has 0 atom stereocenters. The minimum Gasteiger partial charge on any atom is -0.490 e. The number of likely N-dealkylation sites (tertiary alicyclic amines) is 1. The van der Waals surface area contributed by atoms with Crippen molar-refractivity contribution in [1.82, 2.24) is 4.90 Å². The predicted octanol–water partition coefficient (Wildman–Crippen LogP) is 3.76. The number of carbonyl (C=O) groups is 1. The van der Waals surface area contributed by atoms with Crippen molar-refractivity contribution in [2.75, 3.05) is 19.7 Å². The molecule has 1 aromatic rings. The van der Waals surface area contributed by atoms with Crippen molar-refractivity contribution in [3.8, 4) is 5.75 Å². The molecule has 0 unspecified atom stereocenters. The maximum atomic E-state index is 13.8. The number of nitro groups is 1. The van der Waals surface area contributed by atoms with Crippen LogP contribution in [0.15, 0.2) is 18.2 Å². The summed E-state index contributed by atoms with van der Waals surface area (Å²) in [6.45, 7) is 6.90. The average Bonchev–Trinajstić information content (AvgIpc) is 2.52. The number of carbonyl (C=O) groups excluding carboxylic acids is 1. The molecule has 0 aliphatic carbocycles. The number of nitro benzene ring substituents is 1. The van der Waals surface area contributed by atoms with Gasteiger partial charge < -0.3 is 14.4 Å². The molecule has 1 heterocycles. The third kappa shape index (κ3) is 5.58. The lowest BCUT2D eigenvalue weighted by atomic mass is 9.98. The summed E-state index contributed by atoms with van der Waals surface area (Å²) < 4.78 is 24.6. The highest BCUT2D eigenvalue weighted by Crippen LogP contribution is 2.25. The van der Waals surface area contributed by atoms with Crippen LogP contribution >= 0.6 is 0 Å². The van der Waals surface area contributed by atoms with Crippen LogP contribution in [0.2, 0.25) is 0 Å². The van der Waals surface area contributed by atoms with E-state index in [-0.39, 0.29) is 23.4 Å². The fourth-order valence-electron chi connectivity index (χ4n) is 2.54. The van der Waals surface area contributed by atoms with E-state index in [0.717, 1.165) is 18.9 Å². The summed E-state index contributed by atoms with van der Waals surface area (Å²) in [7, 11) is 0. The molecule has 0 aromatic heterocycles. The molecular formula is C17H23FN2O5. The number of nitrogens with zero attached hydrogens (tertiary/aromatic N) is 2. The predicted molar refractivity (Wildman–Crippen MR) is 89.1 cm³/mol. The molecular weight excluding hydrogens is 331 g/mol. The number of non-ortho nitro benzene ring substituents is 1. The SMILES string of the molecule is CC(C)(C)OC(=O)N1CCC(COc2ccc([N+](=O)[O-])cc2F)CC1. The van der Waals surface area contributed by atoms with E-state index in [1.165, 1.54) is 12.1 Å². The molecule has 0 radical (unpaired) electrons. The van der Waals surface area contributed by atoms with Crippen LogP contribution < -0.4 is 4.74 Å². The number of halogens is 1. The zero-order chi connectivity index (χ0) is 18.6. The van der Waals surface area contributed by atoms with Gasteiger partial charge in [-0.1, -0.05) is 0 Å². The van der Waals surface area contributed by atoms with Crippen molar-refractivity contribution in [1.29, 1.82) is 0 Å². The Balaban J connectivity index is 1.81. The van der Waals surface area contributed by atoms with Gasteiger partial charge in [-0.2, -0.15) is 0 Å². The first-order chi connectivity index (χ1) is 11.7. The van der Waals surface area contributed by atoms with Crippen molar-refractivity contribution in [2.45, 2.75) is 39.2 Å². The Bertz CT molecular complexity index is 636. The zero-order valence-corrected chi connectivity index (χ0v) is 14.7. The highest BCUT2D eigenvalue weighted by molar-refractivity contribution is 5.68. The van der Waals surface area contributed by atoms with E-state index in [2.05, 4.69) is 0 Å². The number of rotatable bonds is 4. The molecule has 0 saturated carbocycles. The standard InChI is InChI=1S/C17H23FN2O5/c1-17(2,3)25-16(21)19-8-6-12(7-9-19)11-24-15-5-4-13(20(22)23)10-14(15)18/h4-5,10,12H,6-9,11H2,1-3H3. The Kier molecular flexibility index (Phi) is 5.81. The van der Waals surface area contributed by atoms with Gasteiger partial charge in [0, 0.05) is 19.2 Å². The number of hydrogen-bond acceptors (Lipinski definition) is 5. The third-order valence-electron chi connectivity index (χ3n) is 3.87. The Hall–Kier alpha value is -2.38. The van der Waals surface area contributed by atoms with E-state index < -0.39 is 16.3 Å². The highest BCUT2D eigenvalue weighted by Gasteiger charge is 2.27. The fourth-order valence-corrected chi connectivity index (χ4v) is 2.54. The molecule has 1 aliphatic rings. The third-order valence-corrected chi connectivity index (χ3v) is 3.87. The summed E-state index contributed by atoms with van der Waals surface area (Å²) in [5, 5.41) is 10.6. The van der Waals surface area contributed by atoms with Crippen LogP contribution in [0.3, 0.4) is 0 Å². The first-order valence-corrected chi connectivity index (χ1v) is 8.20. The van der Waals surface area contributed by atoms with Crippen molar-refractivity contribution in [3.63, 3.8) is 0 Å². The van der Waals surface area contributed by atoms with Gasteiger partial charge in [0.1, 0.15) is 5.60 Å². The molecule has 0 N–H and O–H groups in total. The topological polar surface area (TPSA) is 81.9 Å². The van der Waals surface area contributed by atoms with Gasteiger partial charge in [0.25, 0.3) is 5.69 Å². The lowest BCUT2D eigenvalue weighted by Gasteiger charge is -2.33. The summed E-state index contributed by atoms with van der Waals surface area (Å²) in [5.41, 5.74) is -0.833. The maximum Gasteiger partial charge on any atom is 0.410 e. The van der Waals surface area contributed by atoms with Gasteiger partial charge in [0.2, 0.25) is 0 Å². The Morgan fingerprint density at radius 3 is 2.52 bits per heavy atom. The Morgan fingerprint density at radius 2 is 2.00 bits per heavy atom. The summed E-state index contributed by atoms with van der Waals surface area (Å²) >= 11 is 0. The number of benzene rings is 1. The van der Waals surface area contributed by atoms with Crippen LogP contribution in [0.1, 0.15) is 33.6 Å². The summed E-state index contributed by atoms with van der Waals surface area (Å²) in [4.78, 5) is 23.6. The lowest BCUT2D eigenvalue weighted by molar-refractivity contribution is -0.385. The van der Waals surface area contributed by atoms with E-state index in [4.69, 9.17) is 9.47 Å². The molecule has 1 aromatic carbocycles. The van der Waals surface area contributed by atoms with Crippen LogP contribution in [-0.2, 0) is 4.74 Å². The van der Waals surface area contributed by atoms with E-state index in [1.807, 2.05) is 20.8 Å². The second-order valence-corrected chi connectivity index (χ2v) is 7.09. The second kappa shape index (κ2) is 7.67. The van der Waals surface area contributed by atoms with Crippen molar-refractivity contribution in [3.05, 3.63) is 34.1 Å². The quantitative estimate of drug-likeness (QED) is 0.607. The van der Waals surface area contributed by atoms with Crippen LogP contribution in [0.25, 0.3) is 0 Å². The Morgan fingerprint density at radius 1 is 1.36 bits per heavy atom. The van der Waals surface area contributed by atoms with Gasteiger partial charge >= 0.3 is 6.09 Å². The molecule has 7 nitrogen and oxygen atoms in total. The monoisotopic (exact) mass is 354 g/mol. The Labute approximate surface area is 145 Å². The molecule has 1 saturated heterocycles. The van der Waals surface area contributed by atoms with Crippen LogP contribution in [0.4, 0.5) is 14.9 Å². The normalized spacial score (nSPS) is 15.8. The van der Waals surface area contributed by atoms with Crippen molar-refractivity contribution >= 4 is 11.8 Å². The van der Waals surface area contributed by atoms with Gasteiger partial charge in [-0.3, -0.25) is 10.1 Å². The van der Waals surface area contributed by atoms with Crippen molar-refractivity contribution in [2.24, 2.45) is 5.92 Å². The van der Waals surface area contributed by atoms with Crippen LogP contribution in [0, 0.1) is 21.8 Å². The fraction of sp³-hybridized carbons (Fsp3) is 0.588. The van der Waals surface area contributed by atoms with Gasteiger partial charge in [0.15, 0.2) is 11.6 Å².